The second-order valence-corrected chi connectivity index (χ2v) is 10.2. The minimum Gasteiger partial charge on any atom is -0.290 e. The van der Waals surface area contributed by atoms with Crippen molar-refractivity contribution in [2.24, 2.45) is 0 Å². The minimum absolute atomic E-state index is 0.0659. The van der Waals surface area contributed by atoms with Crippen molar-refractivity contribution in [3.8, 4) is 26.8 Å². The predicted molar refractivity (Wildman–Crippen MR) is 115 cm³/mol. The fraction of sp³-hybridized carbons (Fsp3) is 0.0952. The molecule has 2 aromatic heterocycles. The quantitative estimate of drug-likeness (QED) is 0.341. The first-order valence-electron chi connectivity index (χ1n) is 8.86. The fourth-order valence-corrected chi connectivity index (χ4v) is 4.88. The summed E-state index contributed by atoms with van der Waals surface area (Å²) in [4.78, 5) is 4.67. The van der Waals surface area contributed by atoms with Gasteiger partial charge in [-0.25, -0.2) is 13.4 Å². The second kappa shape index (κ2) is 7.81. The topological polar surface area (TPSA) is 52.0 Å². The molecule has 0 saturated carbocycles. The van der Waals surface area contributed by atoms with Gasteiger partial charge in [0, 0.05) is 22.9 Å². The van der Waals surface area contributed by atoms with Gasteiger partial charge in [0.15, 0.2) is 15.5 Å². The van der Waals surface area contributed by atoms with Crippen LogP contribution in [0.5, 0.6) is 0 Å². The highest BCUT2D eigenvalue weighted by atomic mass is 35.5. The molecule has 0 aliphatic heterocycles. The highest BCUT2D eigenvalue weighted by molar-refractivity contribution is 7.90. The number of alkyl halides is 3. The van der Waals surface area contributed by atoms with E-state index in [1.807, 2.05) is 0 Å². The maximum absolute atomic E-state index is 13.4. The smallest absolute Gasteiger partial charge is 0.290 e. The standard InChI is InChI=1S/C21H14ClF3N2O2S2/c1-31(28,29)14-6-4-5-13(11-14)17-9-10-19(30-17)27-12-18(21(23,24)25)26-20(27)15-7-2-3-8-16(15)22/h2-12H,1H3. The van der Waals surface area contributed by atoms with Crippen molar-refractivity contribution in [1.82, 2.24) is 9.55 Å². The summed E-state index contributed by atoms with van der Waals surface area (Å²) < 4.78 is 65.2. The summed E-state index contributed by atoms with van der Waals surface area (Å²) in [5, 5.41) is 0.762. The molecule has 4 nitrogen and oxygen atoms in total. The van der Waals surface area contributed by atoms with Gasteiger partial charge in [0.25, 0.3) is 0 Å². The Morgan fingerprint density at radius 2 is 1.77 bits per heavy atom. The third-order valence-electron chi connectivity index (χ3n) is 4.49. The molecule has 0 amide bonds. The van der Waals surface area contributed by atoms with Gasteiger partial charge in [0.2, 0.25) is 0 Å². The first-order valence-corrected chi connectivity index (χ1v) is 11.9. The lowest BCUT2D eigenvalue weighted by molar-refractivity contribution is -0.140. The molecule has 0 N–H and O–H groups in total. The molecule has 2 heterocycles. The number of sulfone groups is 1. The summed E-state index contributed by atoms with van der Waals surface area (Å²) in [6.45, 7) is 0. The van der Waals surface area contributed by atoms with Gasteiger partial charge < -0.3 is 0 Å². The van der Waals surface area contributed by atoms with E-state index in [0.717, 1.165) is 12.5 Å². The molecule has 0 unspecified atom stereocenters. The molecule has 0 bridgehead atoms. The monoisotopic (exact) mass is 482 g/mol. The Hall–Kier alpha value is -2.62. The van der Waals surface area contributed by atoms with Crippen molar-refractivity contribution in [3.05, 3.63) is 77.6 Å². The van der Waals surface area contributed by atoms with Gasteiger partial charge in [0.05, 0.1) is 9.92 Å². The highest BCUT2D eigenvalue weighted by Gasteiger charge is 2.35. The summed E-state index contributed by atoms with van der Waals surface area (Å²) in [6, 6.07) is 16.3. The van der Waals surface area contributed by atoms with Gasteiger partial charge in [-0.05, 0) is 42.0 Å². The minimum atomic E-state index is -4.62. The van der Waals surface area contributed by atoms with Crippen LogP contribution >= 0.6 is 22.9 Å². The van der Waals surface area contributed by atoms with Crippen LogP contribution in [0.3, 0.4) is 0 Å². The summed E-state index contributed by atoms with van der Waals surface area (Å²) >= 11 is 7.43. The summed E-state index contributed by atoms with van der Waals surface area (Å²) in [5.41, 5.74) is -0.0141. The molecule has 10 heteroatoms. The Labute approximate surface area is 185 Å². The first kappa shape index (κ1) is 21.6. The van der Waals surface area contributed by atoms with Gasteiger partial charge in [-0.15, -0.1) is 11.3 Å². The number of imidazole rings is 1. The zero-order chi connectivity index (χ0) is 22.4. The summed E-state index contributed by atoms with van der Waals surface area (Å²) in [7, 11) is -3.39. The maximum Gasteiger partial charge on any atom is 0.434 e. The van der Waals surface area contributed by atoms with E-state index in [4.69, 9.17) is 11.6 Å². The number of benzene rings is 2. The number of aromatic nitrogens is 2. The van der Waals surface area contributed by atoms with Crippen LogP contribution in [0.15, 0.2) is 71.8 Å². The van der Waals surface area contributed by atoms with Crippen LogP contribution < -0.4 is 0 Å². The molecule has 0 atom stereocenters. The van der Waals surface area contributed by atoms with Crippen molar-refractivity contribution in [2.45, 2.75) is 11.1 Å². The van der Waals surface area contributed by atoms with E-state index in [9.17, 15) is 21.6 Å². The van der Waals surface area contributed by atoms with E-state index in [1.54, 1.807) is 48.5 Å². The Balaban J connectivity index is 1.84. The van der Waals surface area contributed by atoms with Crippen molar-refractivity contribution in [2.75, 3.05) is 6.26 Å². The zero-order valence-electron chi connectivity index (χ0n) is 15.9. The van der Waals surface area contributed by atoms with E-state index in [0.29, 0.717) is 21.0 Å². The summed E-state index contributed by atoms with van der Waals surface area (Å²) in [5.74, 6) is 0.0659. The number of hydrogen-bond acceptors (Lipinski definition) is 4. The van der Waals surface area contributed by atoms with Gasteiger partial charge in [0.1, 0.15) is 10.8 Å². The molecule has 2 aromatic carbocycles. The van der Waals surface area contributed by atoms with Crippen molar-refractivity contribution in [3.63, 3.8) is 0 Å². The van der Waals surface area contributed by atoms with E-state index < -0.39 is 21.7 Å². The number of rotatable bonds is 4. The van der Waals surface area contributed by atoms with Gasteiger partial charge >= 0.3 is 6.18 Å². The van der Waals surface area contributed by atoms with Crippen LogP contribution in [0.25, 0.3) is 26.8 Å². The largest absolute Gasteiger partial charge is 0.434 e. The van der Waals surface area contributed by atoms with Gasteiger partial charge in [-0.1, -0.05) is 35.9 Å². The lowest BCUT2D eigenvalue weighted by Gasteiger charge is -2.07. The zero-order valence-corrected chi connectivity index (χ0v) is 18.3. The molecule has 0 aliphatic rings. The molecule has 0 radical (unpaired) electrons. The maximum atomic E-state index is 13.4. The van der Waals surface area contributed by atoms with Crippen LogP contribution in [0.1, 0.15) is 5.69 Å². The average molecular weight is 483 g/mol. The highest BCUT2D eigenvalue weighted by Crippen LogP contribution is 2.38. The third-order valence-corrected chi connectivity index (χ3v) is 7.06. The lowest BCUT2D eigenvalue weighted by Crippen LogP contribution is -2.04. The predicted octanol–water partition coefficient (Wildman–Crippen LogP) is 6.34. The van der Waals surface area contributed by atoms with Crippen molar-refractivity contribution < 1.29 is 21.6 Å². The van der Waals surface area contributed by atoms with Crippen LogP contribution in [0, 0.1) is 0 Å². The normalized spacial score (nSPS) is 12.3. The number of hydrogen-bond donors (Lipinski definition) is 0. The fourth-order valence-electron chi connectivity index (χ4n) is 3.01. The van der Waals surface area contributed by atoms with E-state index in [-0.39, 0.29) is 15.7 Å². The SMILES string of the molecule is CS(=O)(=O)c1cccc(-c2ccc(-n3cc(C(F)(F)F)nc3-c3ccccc3Cl)s2)c1. The number of thiophene rings is 1. The van der Waals surface area contributed by atoms with Crippen LogP contribution in [0.4, 0.5) is 13.2 Å². The van der Waals surface area contributed by atoms with Crippen molar-refractivity contribution in [1.29, 1.82) is 0 Å². The Morgan fingerprint density at radius 3 is 2.45 bits per heavy atom. The molecule has 31 heavy (non-hydrogen) atoms. The number of nitrogens with zero attached hydrogens (tertiary/aromatic N) is 2. The molecule has 0 spiro atoms. The van der Waals surface area contributed by atoms with E-state index in [2.05, 4.69) is 4.98 Å². The molecular weight excluding hydrogens is 469 g/mol. The van der Waals surface area contributed by atoms with Crippen LogP contribution in [0.2, 0.25) is 5.02 Å². The molecule has 160 valence electrons. The Bertz CT molecular complexity index is 1380. The van der Waals surface area contributed by atoms with E-state index >= 15 is 0 Å². The third kappa shape index (κ3) is 4.39. The van der Waals surface area contributed by atoms with Crippen LogP contribution in [-0.2, 0) is 16.0 Å². The molecule has 0 saturated heterocycles. The number of halogens is 4. The van der Waals surface area contributed by atoms with E-state index in [1.165, 1.54) is 28.0 Å². The first-order chi connectivity index (χ1) is 14.5. The molecular formula is C21H14ClF3N2O2S2. The van der Waals surface area contributed by atoms with Gasteiger partial charge in [-0.3, -0.25) is 4.57 Å². The molecule has 4 aromatic rings. The Morgan fingerprint density at radius 1 is 1.03 bits per heavy atom. The Kier molecular flexibility index (Phi) is 5.45. The lowest BCUT2D eigenvalue weighted by atomic mass is 10.2. The van der Waals surface area contributed by atoms with Crippen LogP contribution in [-0.4, -0.2) is 24.2 Å². The second-order valence-electron chi connectivity index (χ2n) is 6.74. The molecule has 0 aliphatic carbocycles. The van der Waals surface area contributed by atoms with Crippen molar-refractivity contribution >= 4 is 32.8 Å². The van der Waals surface area contributed by atoms with Gasteiger partial charge in [-0.2, -0.15) is 13.2 Å². The molecule has 0 fully saturated rings. The average Bonchev–Trinajstić information content (AvgIpc) is 3.35. The summed E-state index contributed by atoms with van der Waals surface area (Å²) in [6.07, 6.45) is -2.57. The molecule has 4 rings (SSSR count).